The van der Waals surface area contributed by atoms with Gasteiger partial charge in [-0.2, -0.15) is 0 Å². The molecule has 1 saturated heterocycles. The molecule has 0 radical (unpaired) electrons. The highest BCUT2D eigenvalue weighted by Gasteiger charge is 2.46. The van der Waals surface area contributed by atoms with Crippen LogP contribution in [-0.4, -0.2) is 55.0 Å². The van der Waals surface area contributed by atoms with Crippen molar-refractivity contribution in [3.63, 3.8) is 0 Å². The predicted molar refractivity (Wildman–Crippen MR) is 157 cm³/mol. The molecule has 10 nitrogen and oxygen atoms in total. The van der Waals surface area contributed by atoms with Crippen molar-refractivity contribution in [1.82, 2.24) is 9.88 Å². The van der Waals surface area contributed by atoms with Gasteiger partial charge in [0.15, 0.2) is 0 Å². The maximum absolute atomic E-state index is 15.3. The number of methoxy groups -OCH3 is 2. The molecule has 2 heterocycles. The number of halogens is 2. The zero-order valence-corrected chi connectivity index (χ0v) is 23.7. The highest BCUT2D eigenvalue weighted by atomic mass is 19.1. The summed E-state index contributed by atoms with van der Waals surface area (Å²) >= 11 is 0. The number of aliphatic hydroxyl groups is 1. The SMILES string of the molecule is COc1cc(F)c([C@@H]2CN(c3c(C)ccn(CCO)c3=O)C(=O)C2NC(=O)Nc2ccc3cc(OC)ccc3c2)c(F)c1. The van der Waals surface area contributed by atoms with Crippen molar-refractivity contribution >= 4 is 34.1 Å². The van der Waals surface area contributed by atoms with Crippen molar-refractivity contribution in [3.8, 4) is 11.5 Å². The molecule has 12 heteroatoms. The Morgan fingerprint density at radius 2 is 1.65 bits per heavy atom. The molecule has 1 aliphatic heterocycles. The molecular formula is C31H30F2N4O6. The Morgan fingerprint density at radius 1 is 0.977 bits per heavy atom. The molecule has 1 fully saturated rings. The number of hydrogen-bond acceptors (Lipinski definition) is 6. The van der Waals surface area contributed by atoms with E-state index in [1.54, 1.807) is 44.4 Å². The number of rotatable bonds is 8. The number of fused-ring (bicyclic) bond motifs is 1. The Kier molecular flexibility index (Phi) is 8.31. The van der Waals surface area contributed by atoms with E-state index >= 15 is 8.78 Å². The molecule has 1 aliphatic rings. The number of carbonyl (C=O) groups is 2. The molecule has 3 aromatic carbocycles. The van der Waals surface area contributed by atoms with Gasteiger partial charge in [-0.25, -0.2) is 13.6 Å². The summed E-state index contributed by atoms with van der Waals surface area (Å²) < 4.78 is 42.1. The fraction of sp³-hybridized carbons (Fsp3) is 0.258. The monoisotopic (exact) mass is 592 g/mol. The molecule has 3 amide bonds. The van der Waals surface area contributed by atoms with Gasteiger partial charge in [-0.1, -0.05) is 12.1 Å². The van der Waals surface area contributed by atoms with Crippen LogP contribution < -0.4 is 30.6 Å². The zero-order chi connectivity index (χ0) is 30.8. The van der Waals surface area contributed by atoms with Gasteiger partial charge in [-0.3, -0.25) is 9.59 Å². The molecule has 0 saturated carbocycles. The van der Waals surface area contributed by atoms with Gasteiger partial charge in [0.25, 0.3) is 11.5 Å². The molecule has 0 spiro atoms. The van der Waals surface area contributed by atoms with Crippen molar-refractivity contribution in [1.29, 1.82) is 0 Å². The predicted octanol–water partition coefficient (Wildman–Crippen LogP) is 3.92. The van der Waals surface area contributed by atoms with Crippen LogP contribution in [0.5, 0.6) is 11.5 Å². The summed E-state index contributed by atoms with van der Waals surface area (Å²) in [6.45, 7) is 1.01. The summed E-state index contributed by atoms with van der Waals surface area (Å²) in [4.78, 5) is 41.4. The minimum Gasteiger partial charge on any atom is -0.497 e. The summed E-state index contributed by atoms with van der Waals surface area (Å²) in [5.74, 6) is -3.22. The Morgan fingerprint density at radius 3 is 2.33 bits per heavy atom. The summed E-state index contributed by atoms with van der Waals surface area (Å²) in [6, 6.07) is 12.0. The first-order chi connectivity index (χ1) is 20.6. The Labute approximate surface area is 245 Å². The van der Waals surface area contributed by atoms with Gasteiger partial charge >= 0.3 is 6.03 Å². The van der Waals surface area contributed by atoms with E-state index < -0.39 is 46.7 Å². The van der Waals surface area contributed by atoms with Gasteiger partial charge in [0.1, 0.15) is 34.9 Å². The third-order valence-corrected chi connectivity index (χ3v) is 7.52. The molecule has 0 bridgehead atoms. The van der Waals surface area contributed by atoms with Crippen LogP contribution >= 0.6 is 0 Å². The third kappa shape index (κ3) is 5.73. The number of nitrogens with one attached hydrogen (secondary N) is 2. The molecule has 0 aliphatic carbocycles. The Balaban J connectivity index is 1.49. The van der Waals surface area contributed by atoms with Crippen LogP contribution in [0.25, 0.3) is 10.8 Å². The van der Waals surface area contributed by atoms with E-state index in [0.29, 0.717) is 17.0 Å². The van der Waals surface area contributed by atoms with E-state index in [9.17, 15) is 19.5 Å². The Bertz CT molecular complexity index is 1750. The summed E-state index contributed by atoms with van der Waals surface area (Å²) in [5, 5.41) is 16.3. The lowest BCUT2D eigenvalue weighted by Gasteiger charge is -2.20. The van der Waals surface area contributed by atoms with E-state index in [4.69, 9.17) is 9.47 Å². The largest absolute Gasteiger partial charge is 0.497 e. The van der Waals surface area contributed by atoms with Crippen LogP contribution in [0, 0.1) is 18.6 Å². The second kappa shape index (κ2) is 12.1. The maximum Gasteiger partial charge on any atom is 0.319 e. The number of aliphatic hydroxyl groups excluding tert-OH is 1. The molecule has 1 aromatic heterocycles. The minimum absolute atomic E-state index is 0.00468. The number of aromatic nitrogens is 1. The molecule has 5 rings (SSSR count). The number of nitrogens with zero attached hydrogens (tertiary/aromatic N) is 2. The lowest BCUT2D eigenvalue weighted by Crippen LogP contribution is -2.46. The first kappa shape index (κ1) is 29.5. The van der Waals surface area contributed by atoms with Crippen LogP contribution in [0.15, 0.2) is 65.6 Å². The van der Waals surface area contributed by atoms with E-state index in [1.807, 2.05) is 12.1 Å². The summed E-state index contributed by atoms with van der Waals surface area (Å²) in [7, 11) is 2.83. The third-order valence-electron chi connectivity index (χ3n) is 7.52. The highest BCUT2D eigenvalue weighted by molar-refractivity contribution is 6.04. The topological polar surface area (TPSA) is 122 Å². The van der Waals surface area contributed by atoms with Crippen molar-refractivity contribution < 1.29 is 33.0 Å². The van der Waals surface area contributed by atoms with Crippen LogP contribution in [0.3, 0.4) is 0 Å². The zero-order valence-electron chi connectivity index (χ0n) is 23.7. The summed E-state index contributed by atoms with van der Waals surface area (Å²) in [5.41, 5.74) is -0.128. The number of carbonyl (C=O) groups excluding carboxylic acids is 2. The number of amides is 3. The lowest BCUT2D eigenvalue weighted by atomic mass is 9.93. The second-order valence-corrected chi connectivity index (χ2v) is 10.1. The summed E-state index contributed by atoms with van der Waals surface area (Å²) in [6.07, 6.45) is 1.49. The lowest BCUT2D eigenvalue weighted by molar-refractivity contribution is -0.118. The maximum atomic E-state index is 15.3. The van der Waals surface area contributed by atoms with Crippen molar-refractivity contribution in [2.24, 2.45) is 0 Å². The molecule has 4 aromatic rings. The van der Waals surface area contributed by atoms with Crippen molar-refractivity contribution in [3.05, 3.63) is 93.9 Å². The van der Waals surface area contributed by atoms with E-state index in [2.05, 4.69) is 10.6 Å². The van der Waals surface area contributed by atoms with Crippen molar-refractivity contribution in [2.45, 2.75) is 25.4 Å². The number of pyridine rings is 1. The first-order valence-corrected chi connectivity index (χ1v) is 13.5. The van der Waals surface area contributed by atoms with Crippen LogP contribution in [0.1, 0.15) is 17.0 Å². The van der Waals surface area contributed by atoms with Gasteiger partial charge in [0, 0.05) is 48.6 Å². The van der Waals surface area contributed by atoms with Crippen LogP contribution in [-0.2, 0) is 11.3 Å². The average Bonchev–Trinajstić information content (AvgIpc) is 3.28. The van der Waals surface area contributed by atoms with E-state index in [0.717, 1.165) is 27.8 Å². The number of benzene rings is 3. The van der Waals surface area contributed by atoms with Gasteiger partial charge in [0.05, 0.1) is 20.8 Å². The van der Waals surface area contributed by atoms with Gasteiger partial charge in [-0.05, 0) is 53.6 Å². The molecule has 1 unspecified atom stereocenters. The van der Waals surface area contributed by atoms with Gasteiger partial charge in [-0.15, -0.1) is 0 Å². The standard InChI is InChI=1S/C31H30F2N4O6/c1-17-8-9-36(10-11-38)30(40)28(17)37-16-23(26-24(32)14-22(43-3)15-25(26)33)27(29(37)39)35-31(41)34-20-6-4-19-13-21(42-2)7-5-18(19)12-20/h4-9,12-15,23,27,38H,10-11,16H2,1-3H3,(H2,34,35,41)/t23-,27?/m0/s1. The average molecular weight is 593 g/mol. The molecule has 43 heavy (non-hydrogen) atoms. The number of hydrogen-bond donors (Lipinski definition) is 3. The van der Waals surface area contributed by atoms with E-state index in [1.165, 1.54) is 17.9 Å². The smallest absolute Gasteiger partial charge is 0.319 e. The number of anilines is 2. The normalized spacial score (nSPS) is 16.4. The first-order valence-electron chi connectivity index (χ1n) is 13.5. The van der Waals surface area contributed by atoms with Crippen LogP contribution in [0.2, 0.25) is 0 Å². The quantitative estimate of drug-likeness (QED) is 0.285. The van der Waals surface area contributed by atoms with Crippen LogP contribution in [0.4, 0.5) is 25.0 Å². The van der Waals surface area contributed by atoms with E-state index in [-0.39, 0.29) is 31.1 Å². The fourth-order valence-electron chi connectivity index (χ4n) is 5.39. The van der Waals surface area contributed by atoms with Gasteiger partial charge in [0.2, 0.25) is 0 Å². The minimum atomic E-state index is -1.42. The highest BCUT2D eigenvalue weighted by Crippen LogP contribution is 2.36. The molecule has 2 atom stereocenters. The second-order valence-electron chi connectivity index (χ2n) is 10.1. The number of urea groups is 1. The van der Waals surface area contributed by atoms with Gasteiger partial charge < -0.3 is 34.7 Å². The fourth-order valence-corrected chi connectivity index (χ4v) is 5.39. The number of ether oxygens (including phenoxy) is 2. The molecular weight excluding hydrogens is 562 g/mol. The molecule has 3 N–H and O–H groups in total. The molecule has 224 valence electrons. The van der Waals surface area contributed by atoms with Crippen molar-refractivity contribution in [2.75, 3.05) is 37.6 Å². The Hall–Kier alpha value is -4.97. The number of aryl methyl sites for hydroxylation is 1.